The number of aliphatic imine (C=N–C) groups is 1. The molecule has 6 rings (SSSR count). The number of Topliss-reactive ketones (excluding diaryl/α,β-unsaturated/α-hetero) is 1. The van der Waals surface area contributed by atoms with Crippen LogP contribution >= 0.6 is 0 Å². The number of furan rings is 1. The topological polar surface area (TPSA) is 109 Å². The number of fused-ring (bicyclic) bond motifs is 4. The standard InChI is InChI=1S/C26H19N5O2/c27-13-18-23(15-5-3-9-29-14-15)24-20(11-16(12-21(24)32)22-8-4-10-33-22)31-19-7-2-1-6-17(19)25(28)30-26(18)31/h1-10,14,16,23H,11-12H2,(H2,28,30)/t16-,23+/m0/s1. The maximum Gasteiger partial charge on any atom is 0.162 e. The number of anilines is 1. The quantitative estimate of drug-likeness (QED) is 0.651. The first kappa shape index (κ1) is 19.3. The molecule has 0 saturated heterocycles. The zero-order chi connectivity index (χ0) is 22.5. The fraction of sp³-hybridized carbons (Fsp3) is 0.154. The Morgan fingerprint density at radius 3 is 2.76 bits per heavy atom. The molecule has 0 spiro atoms. The van der Waals surface area contributed by atoms with Crippen molar-refractivity contribution in [1.29, 1.82) is 5.26 Å². The number of hydrogen-bond donors (Lipinski definition) is 1. The molecule has 33 heavy (non-hydrogen) atoms. The average Bonchev–Trinajstić information content (AvgIpc) is 3.39. The summed E-state index contributed by atoms with van der Waals surface area (Å²) in [4.78, 5) is 24.5. The highest BCUT2D eigenvalue weighted by Crippen LogP contribution is 2.51. The Kier molecular flexibility index (Phi) is 4.27. The van der Waals surface area contributed by atoms with Crippen LogP contribution < -0.4 is 10.6 Å². The summed E-state index contributed by atoms with van der Waals surface area (Å²) < 4.78 is 5.66. The smallest absolute Gasteiger partial charge is 0.162 e. The van der Waals surface area contributed by atoms with E-state index in [4.69, 9.17) is 10.2 Å². The molecular weight excluding hydrogens is 414 g/mol. The molecule has 4 heterocycles. The van der Waals surface area contributed by atoms with Crippen LogP contribution in [0.1, 0.15) is 41.6 Å². The number of nitrogens with two attached hydrogens (primary N) is 1. The molecule has 2 N–H and O–H groups in total. The number of allylic oxidation sites excluding steroid dienone is 3. The van der Waals surface area contributed by atoms with Gasteiger partial charge in [-0.1, -0.05) is 18.2 Å². The molecule has 3 aromatic rings. The van der Waals surface area contributed by atoms with Crippen LogP contribution in [-0.2, 0) is 4.79 Å². The van der Waals surface area contributed by atoms with Crippen LogP contribution in [-0.4, -0.2) is 16.6 Å². The largest absolute Gasteiger partial charge is 0.469 e. The minimum absolute atomic E-state index is 0.00157. The number of amidine groups is 1. The number of rotatable bonds is 2. The van der Waals surface area contributed by atoms with Crippen LogP contribution in [0.15, 0.2) is 99.3 Å². The Bertz CT molecular complexity index is 1410. The van der Waals surface area contributed by atoms with Crippen LogP contribution in [0.5, 0.6) is 0 Å². The number of aromatic nitrogens is 1. The van der Waals surface area contributed by atoms with E-state index >= 15 is 0 Å². The van der Waals surface area contributed by atoms with E-state index in [0.29, 0.717) is 35.6 Å². The Labute approximate surface area is 190 Å². The highest BCUT2D eigenvalue weighted by Gasteiger charge is 2.45. The maximum atomic E-state index is 13.7. The average molecular weight is 433 g/mol. The molecule has 0 unspecified atom stereocenters. The second kappa shape index (κ2) is 7.31. The van der Waals surface area contributed by atoms with Crippen LogP contribution in [0, 0.1) is 11.3 Å². The normalized spacial score (nSPS) is 21.7. The van der Waals surface area contributed by atoms with Gasteiger partial charge < -0.3 is 10.2 Å². The Balaban J connectivity index is 1.63. The lowest BCUT2D eigenvalue weighted by molar-refractivity contribution is -0.116. The summed E-state index contributed by atoms with van der Waals surface area (Å²) in [5.41, 5.74) is 10.5. The van der Waals surface area contributed by atoms with Gasteiger partial charge in [-0.3, -0.25) is 14.7 Å². The first-order chi connectivity index (χ1) is 16.2. The van der Waals surface area contributed by atoms with Crippen molar-refractivity contribution in [3.63, 3.8) is 0 Å². The van der Waals surface area contributed by atoms with Gasteiger partial charge in [-0.15, -0.1) is 0 Å². The summed E-state index contributed by atoms with van der Waals surface area (Å²) >= 11 is 0. The summed E-state index contributed by atoms with van der Waals surface area (Å²) in [5, 5.41) is 10.3. The zero-order valence-corrected chi connectivity index (χ0v) is 17.6. The lowest BCUT2D eigenvalue weighted by Gasteiger charge is -2.43. The number of nitrogens with zero attached hydrogens (tertiary/aromatic N) is 4. The third-order valence-electron chi connectivity index (χ3n) is 6.51. The van der Waals surface area contributed by atoms with E-state index in [1.165, 1.54) is 0 Å². The van der Waals surface area contributed by atoms with E-state index in [9.17, 15) is 10.1 Å². The number of nitriles is 1. The van der Waals surface area contributed by atoms with E-state index in [0.717, 1.165) is 28.3 Å². The van der Waals surface area contributed by atoms with Gasteiger partial charge in [0.05, 0.1) is 29.5 Å². The maximum absolute atomic E-state index is 13.7. The van der Waals surface area contributed by atoms with Crippen LogP contribution in [0.4, 0.5) is 5.69 Å². The molecule has 0 bridgehead atoms. The Morgan fingerprint density at radius 2 is 2.00 bits per heavy atom. The SMILES string of the molecule is N#CC1=C2N=C(N)c3ccccc3N2C2=C(C(=O)C[C@@H](c3ccco3)C2)[C@@H]1c1cccnc1. The molecule has 160 valence electrons. The van der Waals surface area contributed by atoms with Crippen molar-refractivity contribution < 1.29 is 9.21 Å². The lowest BCUT2D eigenvalue weighted by atomic mass is 9.72. The number of para-hydroxylation sites is 1. The van der Waals surface area contributed by atoms with Crippen molar-refractivity contribution in [2.75, 3.05) is 4.90 Å². The summed E-state index contributed by atoms with van der Waals surface area (Å²) in [6.45, 7) is 0. The van der Waals surface area contributed by atoms with Gasteiger partial charge in [0, 0.05) is 41.6 Å². The van der Waals surface area contributed by atoms with Gasteiger partial charge in [-0.25, -0.2) is 4.99 Å². The van der Waals surface area contributed by atoms with Crippen molar-refractivity contribution in [2.45, 2.75) is 24.7 Å². The third-order valence-corrected chi connectivity index (χ3v) is 6.51. The van der Waals surface area contributed by atoms with Crippen LogP contribution in [0.25, 0.3) is 0 Å². The Hall–Kier alpha value is -4.44. The predicted molar refractivity (Wildman–Crippen MR) is 122 cm³/mol. The monoisotopic (exact) mass is 433 g/mol. The van der Waals surface area contributed by atoms with Gasteiger partial charge >= 0.3 is 0 Å². The van der Waals surface area contributed by atoms with Gasteiger partial charge in [-0.05, 0) is 42.3 Å². The van der Waals surface area contributed by atoms with Gasteiger partial charge in [0.1, 0.15) is 11.6 Å². The highest BCUT2D eigenvalue weighted by molar-refractivity contribution is 6.08. The number of pyridine rings is 1. The highest BCUT2D eigenvalue weighted by atomic mass is 16.3. The number of ketones is 1. The molecule has 3 aliphatic rings. The van der Waals surface area contributed by atoms with Crippen molar-refractivity contribution >= 4 is 17.3 Å². The molecule has 1 aliphatic carbocycles. The summed E-state index contributed by atoms with van der Waals surface area (Å²) in [5.74, 6) is 0.950. The van der Waals surface area contributed by atoms with Crippen molar-refractivity contribution in [2.24, 2.45) is 10.7 Å². The molecule has 2 aromatic heterocycles. The van der Waals surface area contributed by atoms with E-state index in [2.05, 4.69) is 16.0 Å². The number of carbonyl (C=O) groups excluding carboxylic acids is 1. The Morgan fingerprint density at radius 1 is 1.12 bits per heavy atom. The molecule has 2 atom stereocenters. The molecule has 7 nitrogen and oxygen atoms in total. The van der Waals surface area contributed by atoms with Gasteiger partial charge in [0.2, 0.25) is 0 Å². The summed E-state index contributed by atoms with van der Waals surface area (Å²) in [6, 6.07) is 17.5. The lowest BCUT2D eigenvalue weighted by Crippen LogP contribution is -2.40. The first-order valence-corrected chi connectivity index (χ1v) is 10.7. The molecule has 0 radical (unpaired) electrons. The van der Waals surface area contributed by atoms with E-state index in [1.54, 1.807) is 18.7 Å². The van der Waals surface area contributed by atoms with E-state index in [1.807, 2.05) is 53.4 Å². The molecule has 2 aliphatic heterocycles. The molecule has 0 saturated carbocycles. The molecule has 7 heteroatoms. The van der Waals surface area contributed by atoms with Gasteiger partial charge in [0.15, 0.2) is 11.6 Å². The second-order valence-electron chi connectivity index (χ2n) is 8.32. The van der Waals surface area contributed by atoms with Gasteiger partial charge in [-0.2, -0.15) is 5.26 Å². The van der Waals surface area contributed by atoms with Crippen molar-refractivity contribution in [1.82, 2.24) is 4.98 Å². The minimum Gasteiger partial charge on any atom is -0.469 e. The number of carbonyl (C=O) groups is 1. The van der Waals surface area contributed by atoms with E-state index in [-0.39, 0.29) is 11.7 Å². The number of hydrogen-bond acceptors (Lipinski definition) is 7. The number of benzene rings is 1. The molecular formula is C26H19N5O2. The van der Waals surface area contributed by atoms with E-state index < -0.39 is 5.92 Å². The summed E-state index contributed by atoms with van der Waals surface area (Å²) in [6.07, 6.45) is 5.91. The fourth-order valence-electron chi connectivity index (χ4n) is 5.12. The van der Waals surface area contributed by atoms with Gasteiger partial charge in [0.25, 0.3) is 0 Å². The van der Waals surface area contributed by atoms with Crippen molar-refractivity contribution in [3.05, 3.63) is 107 Å². The predicted octanol–water partition coefficient (Wildman–Crippen LogP) is 4.13. The third kappa shape index (κ3) is 2.84. The molecule has 1 aromatic carbocycles. The first-order valence-electron chi connectivity index (χ1n) is 10.7. The fourth-order valence-corrected chi connectivity index (χ4v) is 5.12. The molecule has 0 amide bonds. The van der Waals surface area contributed by atoms with Crippen LogP contribution in [0.2, 0.25) is 0 Å². The summed E-state index contributed by atoms with van der Waals surface area (Å²) in [7, 11) is 0. The van der Waals surface area contributed by atoms with Crippen molar-refractivity contribution in [3.8, 4) is 6.07 Å². The molecule has 0 fully saturated rings. The zero-order valence-electron chi connectivity index (χ0n) is 17.6. The minimum atomic E-state index is -0.545. The second-order valence-corrected chi connectivity index (χ2v) is 8.32. The van der Waals surface area contributed by atoms with Crippen LogP contribution in [0.3, 0.4) is 0 Å².